The summed E-state index contributed by atoms with van der Waals surface area (Å²) < 4.78 is 6.98. The number of para-hydroxylation sites is 1. The fourth-order valence-corrected chi connectivity index (χ4v) is 2.46. The van der Waals surface area contributed by atoms with E-state index in [4.69, 9.17) is 9.84 Å². The van der Waals surface area contributed by atoms with Crippen molar-refractivity contribution < 1.29 is 14.6 Å². The normalized spacial score (nSPS) is 10.5. The van der Waals surface area contributed by atoms with E-state index in [0.29, 0.717) is 17.9 Å². The number of nitrogens with zero attached hydrogens (tertiary/aromatic N) is 1. The van der Waals surface area contributed by atoms with Gasteiger partial charge in [0.15, 0.2) is 0 Å². The van der Waals surface area contributed by atoms with Crippen molar-refractivity contribution in [3.8, 4) is 17.0 Å². The van der Waals surface area contributed by atoms with Crippen LogP contribution in [0.2, 0.25) is 0 Å². The summed E-state index contributed by atoms with van der Waals surface area (Å²) in [6, 6.07) is 10.8. The number of rotatable bonds is 6. The molecule has 1 aromatic heterocycles. The quantitative estimate of drug-likeness (QED) is 0.890. The molecule has 116 valence electrons. The largest absolute Gasteiger partial charge is 0.496 e. The van der Waals surface area contributed by atoms with E-state index in [0.717, 1.165) is 17.7 Å². The molecule has 0 unspecified atom stereocenters. The summed E-state index contributed by atoms with van der Waals surface area (Å²) >= 11 is 0. The lowest BCUT2D eigenvalue weighted by Crippen LogP contribution is -2.26. The zero-order valence-corrected chi connectivity index (χ0v) is 12.7. The third kappa shape index (κ3) is 3.19. The second kappa shape index (κ2) is 6.93. The van der Waals surface area contributed by atoms with Crippen LogP contribution in [0, 0.1) is 0 Å². The highest BCUT2D eigenvalue weighted by atomic mass is 16.5. The number of hydrogen-bond donors (Lipinski definition) is 1. The summed E-state index contributed by atoms with van der Waals surface area (Å²) in [7, 11) is 1.58. The van der Waals surface area contributed by atoms with Gasteiger partial charge in [-0.1, -0.05) is 25.1 Å². The molecule has 0 aliphatic rings. The predicted molar refractivity (Wildman–Crippen MR) is 84.3 cm³/mol. The average molecular weight is 301 g/mol. The van der Waals surface area contributed by atoms with Crippen molar-refractivity contribution in [1.29, 1.82) is 0 Å². The summed E-state index contributed by atoms with van der Waals surface area (Å²) in [6.45, 7) is 2.50. The minimum absolute atomic E-state index is 0.257. The molecule has 5 heteroatoms. The van der Waals surface area contributed by atoms with Crippen LogP contribution < -0.4 is 10.3 Å². The second-order valence-electron chi connectivity index (χ2n) is 4.97. The first-order valence-electron chi connectivity index (χ1n) is 7.16. The van der Waals surface area contributed by atoms with E-state index in [1.165, 1.54) is 0 Å². The highest BCUT2D eigenvalue weighted by molar-refractivity contribution is 5.71. The molecule has 2 aromatic rings. The Bertz CT molecular complexity index is 734. The van der Waals surface area contributed by atoms with Crippen molar-refractivity contribution in [2.24, 2.45) is 0 Å². The van der Waals surface area contributed by atoms with Gasteiger partial charge in [-0.2, -0.15) is 0 Å². The van der Waals surface area contributed by atoms with Crippen LogP contribution >= 0.6 is 0 Å². The first kappa shape index (κ1) is 15.8. The summed E-state index contributed by atoms with van der Waals surface area (Å²) in [6.07, 6.45) is 0.507. The minimum Gasteiger partial charge on any atom is -0.496 e. The molecule has 1 aromatic carbocycles. The van der Waals surface area contributed by atoms with Gasteiger partial charge in [0.1, 0.15) is 5.75 Å². The molecular formula is C17H19NO4. The summed E-state index contributed by atoms with van der Waals surface area (Å²) in [5, 5.41) is 8.91. The van der Waals surface area contributed by atoms with E-state index in [1.807, 2.05) is 31.2 Å². The molecular weight excluding hydrogens is 282 g/mol. The predicted octanol–water partition coefficient (Wildman–Crippen LogP) is 2.56. The van der Waals surface area contributed by atoms with Crippen LogP contribution in [0.4, 0.5) is 0 Å². The number of aliphatic carboxylic acids is 1. The van der Waals surface area contributed by atoms with Crippen LogP contribution in [0.1, 0.15) is 18.9 Å². The molecule has 0 aliphatic carbocycles. The SMILES string of the molecule is CCCn1c(-c2ccccc2OC)ccc(CC(=O)O)c1=O. The molecule has 0 aliphatic heterocycles. The summed E-state index contributed by atoms with van der Waals surface area (Å²) in [5.41, 5.74) is 1.59. The molecule has 0 amide bonds. The smallest absolute Gasteiger partial charge is 0.308 e. The Morgan fingerprint density at radius 3 is 2.59 bits per heavy atom. The topological polar surface area (TPSA) is 68.5 Å². The van der Waals surface area contributed by atoms with Crippen LogP contribution in [0.15, 0.2) is 41.2 Å². The van der Waals surface area contributed by atoms with E-state index in [1.54, 1.807) is 23.8 Å². The molecule has 0 saturated heterocycles. The fraction of sp³-hybridized carbons (Fsp3) is 0.294. The molecule has 0 atom stereocenters. The minimum atomic E-state index is -1.01. The van der Waals surface area contributed by atoms with Crippen molar-refractivity contribution in [3.63, 3.8) is 0 Å². The van der Waals surface area contributed by atoms with Crippen LogP contribution in [0.3, 0.4) is 0 Å². The lowest BCUT2D eigenvalue weighted by atomic mass is 10.1. The first-order chi connectivity index (χ1) is 10.6. The van der Waals surface area contributed by atoms with Crippen molar-refractivity contribution in [2.45, 2.75) is 26.3 Å². The highest BCUT2D eigenvalue weighted by Crippen LogP contribution is 2.29. The van der Waals surface area contributed by atoms with E-state index in [9.17, 15) is 9.59 Å². The van der Waals surface area contributed by atoms with Gasteiger partial charge in [-0.05, 0) is 24.6 Å². The van der Waals surface area contributed by atoms with Gasteiger partial charge < -0.3 is 14.4 Å². The number of pyridine rings is 1. The van der Waals surface area contributed by atoms with Gasteiger partial charge in [0, 0.05) is 17.7 Å². The second-order valence-corrected chi connectivity index (χ2v) is 4.97. The Hall–Kier alpha value is -2.56. The van der Waals surface area contributed by atoms with Gasteiger partial charge in [-0.15, -0.1) is 0 Å². The molecule has 0 fully saturated rings. The van der Waals surface area contributed by atoms with Gasteiger partial charge in [0.25, 0.3) is 5.56 Å². The number of methoxy groups -OCH3 is 1. The van der Waals surface area contributed by atoms with Crippen LogP contribution in [-0.4, -0.2) is 22.8 Å². The first-order valence-corrected chi connectivity index (χ1v) is 7.16. The highest BCUT2D eigenvalue weighted by Gasteiger charge is 2.14. The summed E-state index contributed by atoms with van der Waals surface area (Å²) in [4.78, 5) is 23.4. The molecule has 0 saturated carbocycles. The number of ether oxygens (including phenoxy) is 1. The maximum absolute atomic E-state index is 12.5. The van der Waals surface area contributed by atoms with Crippen molar-refractivity contribution >= 4 is 5.97 Å². The number of aromatic nitrogens is 1. The van der Waals surface area contributed by atoms with E-state index in [-0.39, 0.29) is 12.0 Å². The van der Waals surface area contributed by atoms with E-state index < -0.39 is 5.97 Å². The maximum atomic E-state index is 12.5. The number of carbonyl (C=O) groups is 1. The molecule has 2 rings (SSSR count). The third-order valence-corrected chi connectivity index (χ3v) is 3.42. The van der Waals surface area contributed by atoms with Crippen LogP contribution in [0.25, 0.3) is 11.3 Å². The van der Waals surface area contributed by atoms with Crippen LogP contribution in [0.5, 0.6) is 5.75 Å². The average Bonchev–Trinajstić information content (AvgIpc) is 2.51. The third-order valence-electron chi connectivity index (χ3n) is 3.42. The van der Waals surface area contributed by atoms with Gasteiger partial charge in [0.2, 0.25) is 0 Å². The van der Waals surface area contributed by atoms with Gasteiger partial charge >= 0.3 is 5.97 Å². The number of carboxylic acids is 1. The zero-order valence-electron chi connectivity index (χ0n) is 12.7. The molecule has 0 bridgehead atoms. The maximum Gasteiger partial charge on any atom is 0.308 e. The van der Waals surface area contributed by atoms with E-state index in [2.05, 4.69) is 0 Å². The van der Waals surface area contributed by atoms with Crippen molar-refractivity contribution in [2.75, 3.05) is 7.11 Å². The van der Waals surface area contributed by atoms with E-state index >= 15 is 0 Å². The van der Waals surface area contributed by atoms with Gasteiger partial charge in [-0.3, -0.25) is 9.59 Å². The monoisotopic (exact) mass is 301 g/mol. The molecule has 22 heavy (non-hydrogen) atoms. The van der Waals surface area contributed by atoms with Crippen molar-refractivity contribution in [1.82, 2.24) is 4.57 Å². The van der Waals surface area contributed by atoms with Gasteiger partial charge in [0.05, 0.1) is 19.2 Å². The molecule has 1 heterocycles. The fourth-order valence-electron chi connectivity index (χ4n) is 2.46. The van der Waals surface area contributed by atoms with Crippen molar-refractivity contribution in [3.05, 3.63) is 52.3 Å². The van der Waals surface area contributed by atoms with Crippen LogP contribution in [-0.2, 0) is 17.8 Å². The standard InChI is InChI=1S/C17H19NO4/c1-3-10-18-14(13-6-4-5-7-15(13)22-2)9-8-12(17(18)21)11-16(19)20/h4-9H,3,10-11H2,1-2H3,(H,19,20). The molecule has 0 radical (unpaired) electrons. The Morgan fingerprint density at radius 1 is 1.23 bits per heavy atom. The molecule has 1 N–H and O–H groups in total. The van der Waals surface area contributed by atoms with Gasteiger partial charge in [-0.25, -0.2) is 0 Å². The number of carboxylic acid groups (broad SMARTS) is 1. The Morgan fingerprint density at radius 2 is 1.95 bits per heavy atom. The molecule has 0 spiro atoms. The number of hydrogen-bond acceptors (Lipinski definition) is 3. The molecule has 5 nitrogen and oxygen atoms in total. The summed E-state index contributed by atoms with van der Waals surface area (Å²) in [5.74, 6) is -0.331. The Labute approximate surface area is 128 Å². The Balaban J connectivity index is 2.63. The lowest BCUT2D eigenvalue weighted by Gasteiger charge is -2.16. The Kier molecular flexibility index (Phi) is 4.99. The zero-order chi connectivity index (χ0) is 16.1. The lowest BCUT2D eigenvalue weighted by molar-refractivity contribution is -0.136. The number of benzene rings is 1.